The molecule has 6 nitrogen and oxygen atoms in total. The zero-order valence-electron chi connectivity index (χ0n) is 15.4. The number of aromatic amines is 1. The Labute approximate surface area is 164 Å². The number of rotatable bonds is 5. The Bertz CT molecular complexity index is 1200. The van der Waals surface area contributed by atoms with Crippen molar-refractivity contribution in [3.05, 3.63) is 75.8 Å². The number of nitrogens with one attached hydrogen (secondary N) is 1. The fraction of sp³-hybridized carbons (Fsp3) is 0.200. The average molecular weight is 395 g/mol. The van der Waals surface area contributed by atoms with Crippen molar-refractivity contribution < 1.29 is 4.39 Å². The van der Waals surface area contributed by atoms with Gasteiger partial charge >= 0.3 is 0 Å². The molecule has 4 aromatic rings. The van der Waals surface area contributed by atoms with E-state index in [1.54, 1.807) is 18.3 Å². The van der Waals surface area contributed by atoms with E-state index in [9.17, 15) is 9.18 Å². The maximum Gasteiger partial charge on any atom is 0.272 e. The minimum Gasteiger partial charge on any atom is -0.293 e. The Morgan fingerprint density at radius 1 is 1.18 bits per heavy atom. The maximum atomic E-state index is 13.3. The van der Waals surface area contributed by atoms with Gasteiger partial charge in [0.05, 0.1) is 5.69 Å². The highest BCUT2D eigenvalue weighted by Gasteiger charge is 2.16. The second-order valence-corrected chi connectivity index (χ2v) is 7.28. The average Bonchev–Trinajstić information content (AvgIpc) is 3.06. The van der Waals surface area contributed by atoms with E-state index in [0.717, 1.165) is 22.5 Å². The van der Waals surface area contributed by atoms with Gasteiger partial charge in [-0.15, -0.1) is 0 Å². The highest BCUT2D eigenvalue weighted by molar-refractivity contribution is 7.98. The molecule has 0 aliphatic rings. The van der Waals surface area contributed by atoms with Gasteiger partial charge in [0, 0.05) is 35.0 Å². The highest BCUT2D eigenvalue weighted by atomic mass is 32.2. The van der Waals surface area contributed by atoms with Crippen molar-refractivity contribution in [3.63, 3.8) is 0 Å². The van der Waals surface area contributed by atoms with E-state index in [4.69, 9.17) is 4.98 Å². The molecule has 1 aromatic carbocycles. The molecule has 4 rings (SSSR count). The summed E-state index contributed by atoms with van der Waals surface area (Å²) >= 11 is 1.43. The van der Waals surface area contributed by atoms with Gasteiger partial charge in [0.25, 0.3) is 5.56 Å². The van der Waals surface area contributed by atoms with Gasteiger partial charge in [-0.3, -0.25) is 9.89 Å². The van der Waals surface area contributed by atoms with Crippen LogP contribution < -0.4 is 5.56 Å². The van der Waals surface area contributed by atoms with Crippen LogP contribution >= 0.6 is 11.8 Å². The molecule has 0 atom stereocenters. The van der Waals surface area contributed by atoms with Crippen LogP contribution in [0.25, 0.3) is 16.8 Å². The second-order valence-electron chi connectivity index (χ2n) is 6.34. The molecule has 3 heterocycles. The molecule has 0 unspecified atom stereocenters. The third-order valence-electron chi connectivity index (χ3n) is 4.35. The van der Waals surface area contributed by atoms with Crippen molar-refractivity contribution in [1.82, 2.24) is 24.6 Å². The van der Waals surface area contributed by atoms with E-state index >= 15 is 0 Å². The van der Waals surface area contributed by atoms with Crippen LogP contribution in [0.15, 0.2) is 52.5 Å². The fourth-order valence-electron chi connectivity index (χ4n) is 3.01. The number of aromatic nitrogens is 5. The minimum atomic E-state index is -0.304. The van der Waals surface area contributed by atoms with E-state index in [1.807, 2.05) is 19.9 Å². The monoisotopic (exact) mass is 395 g/mol. The Kier molecular flexibility index (Phi) is 4.95. The summed E-state index contributed by atoms with van der Waals surface area (Å²) in [5.41, 5.74) is 4.39. The van der Waals surface area contributed by atoms with Gasteiger partial charge in [-0.2, -0.15) is 0 Å². The Morgan fingerprint density at radius 2 is 1.96 bits per heavy atom. The quantitative estimate of drug-likeness (QED) is 0.411. The standard InChI is InChI=1S/C20H18FN5OS/c1-3-16-18(13-4-6-14(21)7-5-13)19-24-15(10-17(27)26(19)25-16)11-28-20-22-9-8-12(2)23-20/h4-10,25H,3,11H2,1-2H3. The fourth-order valence-corrected chi connectivity index (χ4v) is 3.78. The van der Waals surface area contributed by atoms with Crippen LogP contribution in [0.2, 0.25) is 0 Å². The first-order valence-corrected chi connectivity index (χ1v) is 9.85. The summed E-state index contributed by atoms with van der Waals surface area (Å²) in [5, 5.41) is 3.76. The van der Waals surface area contributed by atoms with Crippen molar-refractivity contribution in [1.29, 1.82) is 0 Å². The first-order chi connectivity index (χ1) is 13.5. The van der Waals surface area contributed by atoms with Crippen molar-refractivity contribution in [2.24, 2.45) is 0 Å². The van der Waals surface area contributed by atoms with Crippen molar-refractivity contribution in [3.8, 4) is 11.1 Å². The summed E-state index contributed by atoms with van der Waals surface area (Å²) in [5.74, 6) is 0.173. The second kappa shape index (κ2) is 7.55. The third kappa shape index (κ3) is 3.55. The molecule has 0 amide bonds. The number of H-pyrrole nitrogens is 1. The molecular weight excluding hydrogens is 377 g/mol. The largest absolute Gasteiger partial charge is 0.293 e. The lowest BCUT2D eigenvalue weighted by molar-refractivity contribution is 0.628. The van der Waals surface area contributed by atoms with Gasteiger partial charge in [-0.25, -0.2) is 23.9 Å². The van der Waals surface area contributed by atoms with E-state index in [-0.39, 0.29) is 11.4 Å². The van der Waals surface area contributed by atoms with E-state index in [0.29, 0.717) is 28.7 Å². The summed E-state index contributed by atoms with van der Waals surface area (Å²) in [7, 11) is 0. The van der Waals surface area contributed by atoms with Gasteiger partial charge in [-0.05, 0) is 37.1 Å². The number of thioether (sulfide) groups is 1. The number of halogens is 1. The molecular formula is C20H18FN5OS. The summed E-state index contributed by atoms with van der Waals surface area (Å²) in [6.07, 6.45) is 2.40. The molecule has 0 fully saturated rings. The molecule has 1 N–H and O–H groups in total. The SMILES string of the molecule is CCc1[nH]n2c(=O)cc(CSc3nccc(C)n3)nc2c1-c1ccc(F)cc1. The number of aryl methyl sites for hydroxylation is 2. The molecule has 0 aliphatic carbocycles. The van der Waals surface area contributed by atoms with Gasteiger partial charge < -0.3 is 0 Å². The smallest absolute Gasteiger partial charge is 0.272 e. The molecule has 0 saturated heterocycles. The van der Waals surface area contributed by atoms with Crippen molar-refractivity contribution >= 4 is 17.4 Å². The minimum absolute atomic E-state index is 0.186. The molecule has 142 valence electrons. The van der Waals surface area contributed by atoms with Gasteiger partial charge in [-0.1, -0.05) is 30.8 Å². The Morgan fingerprint density at radius 3 is 2.68 bits per heavy atom. The number of hydrogen-bond acceptors (Lipinski definition) is 5. The Hall–Kier alpha value is -3.00. The summed E-state index contributed by atoms with van der Waals surface area (Å²) < 4.78 is 14.8. The van der Waals surface area contributed by atoms with Gasteiger partial charge in [0.15, 0.2) is 10.8 Å². The number of hydrogen-bond donors (Lipinski definition) is 1. The summed E-state index contributed by atoms with van der Waals surface area (Å²) in [4.78, 5) is 25.9. The number of nitrogens with zero attached hydrogens (tertiary/aromatic N) is 4. The third-order valence-corrected chi connectivity index (χ3v) is 5.25. The van der Waals surface area contributed by atoms with Crippen LogP contribution in [0.4, 0.5) is 4.39 Å². The zero-order chi connectivity index (χ0) is 19.7. The zero-order valence-corrected chi connectivity index (χ0v) is 16.3. The molecule has 8 heteroatoms. The highest BCUT2D eigenvalue weighted by Crippen LogP contribution is 2.28. The number of benzene rings is 1. The lowest BCUT2D eigenvalue weighted by Gasteiger charge is -2.04. The van der Waals surface area contributed by atoms with Crippen molar-refractivity contribution in [2.45, 2.75) is 31.2 Å². The van der Waals surface area contributed by atoms with E-state index < -0.39 is 0 Å². The molecule has 0 aliphatic heterocycles. The normalized spacial score (nSPS) is 11.2. The van der Waals surface area contributed by atoms with E-state index in [2.05, 4.69) is 15.1 Å². The maximum absolute atomic E-state index is 13.3. The Balaban J connectivity index is 1.77. The van der Waals surface area contributed by atoms with Gasteiger partial charge in [0.1, 0.15) is 5.82 Å². The molecule has 0 saturated carbocycles. The van der Waals surface area contributed by atoms with Crippen LogP contribution in [-0.4, -0.2) is 24.6 Å². The predicted octanol–water partition coefficient (Wildman–Crippen LogP) is 3.78. The molecule has 28 heavy (non-hydrogen) atoms. The van der Waals surface area contributed by atoms with Crippen LogP contribution in [0.5, 0.6) is 0 Å². The lowest BCUT2D eigenvalue weighted by Crippen LogP contribution is -2.15. The topological polar surface area (TPSA) is 75.9 Å². The first kappa shape index (κ1) is 18.4. The molecule has 3 aromatic heterocycles. The van der Waals surface area contributed by atoms with Crippen LogP contribution in [0.3, 0.4) is 0 Å². The predicted molar refractivity (Wildman–Crippen MR) is 107 cm³/mol. The molecule has 0 spiro atoms. The summed E-state index contributed by atoms with van der Waals surface area (Å²) in [6.45, 7) is 3.90. The number of fused-ring (bicyclic) bond motifs is 1. The first-order valence-electron chi connectivity index (χ1n) is 8.87. The van der Waals surface area contributed by atoms with Crippen LogP contribution in [-0.2, 0) is 12.2 Å². The van der Waals surface area contributed by atoms with Crippen molar-refractivity contribution in [2.75, 3.05) is 0 Å². The van der Waals surface area contributed by atoms with Gasteiger partial charge in [0.2, 0.25) is 0 Å². The van der Waals surface area contributed by atoms with Crippen LogP contribution in [0.1, 0.15) is 24.0 Å². The summed E-state index contributed by atoms with van der Waals surface area (Å²) in [6, 6.07) is 9.57. The van der Waals surface area contributed by atoms with Crippen LogP contribution in [0, 0.1) is 12.7 Å². The van der Waals surface area contributed by atoms with E-state index in [1.165, 1.54) is 34.5 Å². The molecule has 0 radical (unpaired) electrons. The molecule has 0 bridgehead atoms. The lowest BCUT2D eigenvalue weighted by atomic mass is 10.0.